The number of carbonyl (C=O) groups excluding carboxylic acids is 1. The molecular formula is C18H22FN2O3+. The number of rotatable bonds is 8. The molecule has 0 aliphatic heterocycles. The number of carbonyl (C=O) groups is 1. The van der Waals surface area contributed by atoms with Crippen LogP contribution in [0.5, 0.6) is 11.5 Å². The van der Waals surface area contributed by atoms with Crippen molar-refractivity contribution in [2.75, 3.05) is 39.2 Å². The topological polar surface area (TPSA) is 52.0 Å². The fourth-order valence-electron chi connectivity index (χ4n) is 2.12. The third-order valence-electron chi connectivity index (χ3n) is 3.45. The number of hydrogen-bond acceptors (Lipinski definition) is 3. The second-order valence-corrected chi connectivity index (χ2v) is 5.46. The Hall–Kier alpha value is -2.60. The van der Waals surface area contributed by atoms with Crippen molar-refractivity contribution in [2.24, 2.45) is 0 Å². The molecule has 0 aliphatic carbocycles. The lowest BCUT2D eigenvalue weighted by molar-refractivity contribution is -0.871. The van der Waals surface area contributed by atoms with E-state index in [1.807, 2.05) is 31.3 Å². The molecule has 0 bridgehead atoms. The average Bonchev–Trinajstić information content (AvgIpc) is 2.57. The van der Waals surface area contributed by atoms with Crippen molar-refractivity contribution in [3.63, 3.8) is 0 Å². The van der Waals surface area contributed by atoms with Crippen LogP contribution in [0.3, 0.4) is 0 Å². The van der Waals surface area contributed by atoms with Crippen LogP contribution in [0.15, 0.2) is 48.5 Å². The zero-order valence-corrected chi connectivity index (χ0v) is 13.8. The highest BCUT2D eigenvalue weighted by molar-refractivity contribution is 5.91. The molecule has 0 fully saturated rings. The van der Waals surface area contributed by atoms with Crippen LogP contribution in [0.25, 0.3) is 0 Å². The molecular weight excluding hydrogens is 311 g/mol. The molecule has 0 radical (unpaired) electrons. The number of hydrogen-bond donors (Lipinski definition) is 2. The molecule has 0 aliphatic rings. The summed E-state index contributed by atoms with van der Waals surface area (Å²) >= 11 is 0. The van der Waals surface area contributed by atoms with Crippen LogP contribution in [0.1, 0.15) is 0 Å². The lowest BCUT2D eigenvalue weighted by atomic mass is 10.3. The molecule has 2 N–H and O–H groups in total. The first-order chi connectivity index (χ1) is 11.6. The summed E-state index contributed by atoms with van der Waals surface area (Å²) in [6.07, 6.45) is 0. The van der Waals surface area contributed by atoms with Crippen LogP contribution in [-0.4, -0.2) is 39.8 Å². The molecule has 0 saturated heterocycles. The van der Waals surface area contributed by atoms with Gasteiger partial charge in [0.05, 0.1) is 14.2 Å². The van der Waals surface area contributed by atoms with Gasteiger partial charge in [0.1, 0.15) is 30.5 Å². The highest BCUT2D eigenvalue weighted by Crippen LogP contribution is 2.16. The van der Waals surface area contributed by atoms with Crippen molar-refractivity contribution in [3.05, 3.63) is 54.3 Å². The standard InChI is InChI=1S/C18H21FN2O3/c1-21(11-12-24-17-9-7-16(23-2)8-10-17)13-18(22)20-15-5-3-14(19)4-6-15/h3-10H,11-13H2,1-2H3,(H,20,22)/p+1. The van der Waals surface area contributed by atoms with Crippen molar-refractivity contribution in [1.29, 1.82) is 0 Å². The quantitative estimate of drug-likeness (QED) is 0.767. The Morgan fingerprint density at radius 3 is 2.33 bits per heavy atom. The van der Waals surface area contributed by atoms with Gasteiger partial charge in [-0.25, -0.2) is 4.39 Å². The number of halogens is 1. The Morgan fingerprint density at radius 2 is 1.71 bits per heavy atom. The van der Waals surface area contributed by atoms with Crippen LogP contribution in [0.2, 0.25) is 0 Å². The van der Waals surface area contributed by atoms with Crippen molar-refractivity contribution in [2.45, 2.75) is 0 Å². The van der Waals surface area contributed by atoms with E-state index in [1.54, 1.807) is 7.11 Å². The van der Waals surface area contributed by atoms with E-state index in [4.69, 9.17) is 9.47 Å². The molecule has 5 nitrogen and oxygen atoms in total. The molecule has 6 heteroatoms. The molecule has 2 rings (SSSR count). The van der Waals surface area contributed by atoms with Crippen LogP contribution >= 0.6 is 0 Å². The van der Waals surface area contributed by atoms with Gasteiger partial charge in [-0.05, 0) is 48.5 Å². The van der Waals surface area contributed by atoms with Crippen LogP contribution < -0.4 is 19.7 Å². The van der Waals surface area contributed by atoms with E-state index >= 15 is 0 Å². The fraction of sp³-hybridized carbons (Fsp3) is 0.278. The second-order valence-electron chi connectivity index (χ2n) is 5.46. The molecule has 24 heavy (non-hydrogen) atoms. The van der Waals surface area contributed by atoms with Gasteiger partial charge < -0.3 is 19.7 Å². The van der Waals surface area contributed by atoms with E-state index in [0.717, 1.165) is 16.4 Å². The molecule has 1 amide bonds. The maximum absolute atomic E-state index is 12.8. The minimum absolute atomic E-state index is 0.122. The Labute approximate surface area is 141 Å². The SMILES string of the molecule is COc1ccc(OCC[NH+](C)CC(=O)Nc2ccc(F)cc2)cc1. The predicted molar refractivity (Wildman–Crippen MR) is 90.1 cm³/mol. The van der Waals surface area contributed by atoms with E-state index in [0.29, 0.717) is 25.4 Å². The third kappa shape index (κ3) is 5.89. The van der Waals surface area contributed by atoms with Crippen molar-refractivity contribution >= 4 is 11.6 Å². The summed E-state index contributed by atoms with van der Waals surface area (Å²) in [5.41, 5.74) is 0.587. The first-order valence-electron chi connectivity index (χ1n) is 7.70. The molecule has 1 unspecified atom stereocenters. The van der Waals surface area contributed by atoms with Gasteiger partial charge in [0, 0.05) is 5.69 Å². The Kier molecular flexibility index (Phi) is 6.57. The lowest BCUT2D eigenvalue weighted by Gasteiger charge is -2.14. The molecule has 1 atom stereocenters. The number of quaternary nitrogens is 1. The van der Waals surface area contributed by atoms with E-state index < -0.39 is 0 Å². The lowest BCUT2D eigenvalue weighted by Crippen LogP contribution is -3.10. The zero-order chi connectivity index (χ0) is 17.4. The molecule has 0 saturated carbocycles. The first-order valence-corrected chi connectivity index (χ1v) is 7.70. The van der Waals surface area contributed by atoms with Crippen molar-refractivity contribution in [1.82, 2.24) is 0 Å². The summed E-state index contributed by atoms with van der Waals surface area (Å²) in [6.45, 7) is 1.49. The minimum atomic E-state index is -0.327. The predicted octanol–water partition coefficient (Wildman–Crippen LogP) is 1.37. The normalized spacial score (nSPS) is 11.6. The Bertz CT molecular complexity index is 644. The number of likely N-dealkylation sites (N-methyl/N-ethyl adjacent to an activating group) is 1. The maximum atomic E-state index is 12.8. The third-order valence-corrected chi connectivity index (χ3v) is 3.45. The smallest absolute Gasteiger partial charge is 0.279 e. The monoisotopic (exact) mass is 333 g/mol. The Balaban J connectivity index is 1.69. The van der Waals surface area contributed by atoms with Gasteiger partial charge in [-0.15, -0.1) is 0 Å². The molecule has 128 valence electrons. The molecule has 0 aromatic heterocycles. The second kappa shape index (κ2) is 8.88. The van der Waals surface area contributed by atoms with Crippen LogP contribution in [-0.2, 0) is 4.79 Å². The van der Waals surface area contributed by atoms with E-state index in [9.17, 15) is 9.18 Å². The average molecular weight is 333 g/mol. The van der Waals surface area contributed by atoms with Gasteiger partial charge in [-0.3, -0.25) is 4.79 Å². The van der Waals surface area contributed by atoms with Gasteiger partial charge in [0.25, 0.3) is 5.91 Å². The number of ether oxygens (including phenoxy) is 2. The first kappa shape index (κ1) is 17.7. The summed E-state index contributed by atoms with van der Waals surface area (Å²) in [7, 11) is 3.53. The summed E-state index contributed by atoms with van der Waals surface area (Å²) in [4.78, 5) is 12.9. The number of nitrogens with one attached hydrogen (secondary N) is 2. The summed E-state index contributed by atoms with van der Waals surface area (Å²) in [5.74, 6) is 1.09. The van der Waals surface area contributed by atoms with Gasteiger partial charge in [-0.2, -0.15) is 0 Å². The molecule has 2 aromatic carbocycles. The van der Waals surface area contributed by atoms with Crippen LogP contribution in [0, 0.1) is 5.82 Å². The van der Waals surface area contributed by atoms with Gasteiger partial charge in [-0.1, -0.05) is 0 Å². The number of benzene rings is 2. The number of amides is 1. The number of anilines is 1. The minimum Gasteiger partial charge on any atom is -0.497 e. The highest BCUT2D eigenvalue weighted by atomic mass is 19.1. The summed E-state index contributed by atoms with van der Waals surface area (Å²) < 4.78 is 23.5. The Morgan fingerprint density at radius 1 is 1.08 bits per heavy atom. The van der Waals surface area contributed by atoms with Crippen molar-refractivity contribution < 1.29 is 23.6 Å². The van der Waals surface area contributed by atoms with Gasteiger partial charge >= 0.3 is 0 Å². The fourth-order valence-corrected chi connectivity index (χ4v) is 2.12. The van der Waals surface area contributed by atoms with Crippen LogP contribution in [0.4, 0.5) is 10.1 Å². The van der Waals surface area contributed by atoms with E-state index in [1.165, 1.54) is 24.3 Å². The molecule has 0 heterocycles. The summed E-state index contributed by atoms with van der Waals surface area (Å²) in [5, 5.41) is 2.74. The maximum Gasteiger partial charge on any atom is 0.279 e. The van der Waals surface area contributed by atoms with Gasteiger partial charge in [0.2, 0.25) is 0 Å². The molecule has 2 aromatic rings. The van der Waals surface area contributed by atoms with Gasteiger partial charge in [0.15, 0.2) is 6.54 Å². The van der Waals surface area contributed by atoms with Crippen molar-refractivity contribution in [3.8, 4) is 11.5 Å². The van der Waals surface area contributed by atoms with E-state index in [-0.39, 0.29) is 11.7 Å². The molecule has 0 spiro atoms. The summed E-state index contributed by atoms with van der Waals surface area (Å²) in [6, 6.07) is 13.1. The van der Waals surface area contributed by atoms with E-state index in [2.05, 4.69) is 5.32 Å². The highest BCUT2D eigenvalue weighted by Gasteiger charge is 2.10. The largest absolute Gasteiger partial charge is 0.497 e. The zero-order valence-electron chi connectivity index (χ0n) is 13.8. The number of methoxy groups -OCH3 is 1.